The molecule has 0 saturated heterocycles. The van der Waals surface area contributed by atoms with Crippen molar-refractivity contribution in [1.29, 1.82) is 0 Å². The van der Waals surface area contributed by atoms with Crippen molar-refractivity contribution in [3.05, 3.63) is 41.0 Å². The molecule has 20 heavy (non-hydrogen) atoms. The minimum absolute atomic E-state index is 0. The van der Waals surface area contributed by atoms with E-state index in [1.165, 1.54) is 12.8 Å². The monoisotopic (exact) mass is 453 g/mol. The fourth-order valence-corrected chi connectivity index (χ4v) is 37.9. The summed E-state index contributed by atoms with van der Waals surface area (Å²) in [5.41, 5.74) is 6.49. The largest absolute Gasteiger partial charge is 0.147 e. The van der Waals surface area contributed by atoms with Crippen molar-refractivity contribution < 1.29 is 19.2 Å². The molecule has 0 aromatic heterocycles. The molecule has 0 fully saturated rings. The maximum atomic E-state index is 2.64. The van der Waals surface area contributed by atoms with Crippen LogP contribution in [-0.4, -0.2) is 10.6 Å². The number of halogens is 2. The van der Waals surface area contributed by atoms with E-state index >= 15 is 0 Å². The first-order chi connectivity index (χ1) is 8.40. The van der Waals surface area contributed by atoms with E-state index in [1.807, 2.05) is 6.56 Å². The summed E-state index contributed by atoms with van der Waals surface area (Å²) < 4.78 is 3.89. The summed E-state index contributed by atoms with van der Waals surface area (Å²) in [6, 6.07) is 0. The molecule has 0 aromatic rings. The Kier molecular flexibility index (Phi) is 8.97. The second kappa shape index (κ2) is 8.56. The van der Waals surface area contributed by atoms with Crippen molar-refractivity contribution in [1.82, 2.24) is 0 Å². The number of hydrogen-bond acceptors (Lipinski definition) is 0. The van der Waals surface area contributed by atoms with E-state index in [0.717, 1.165) is 0 Å². The molecular formula is C16H27Cl2GeZr. The van der Waals surface area contributed by atoms with Crippen LogP contribution in [0.3, 0.4) is 0 Å². The van der Waals surface area contributed by atoms with Gasteiger partial charge in [0, 0.05) is 0 Å². The van der Waals surface area contributed by atoms with Crippen LogP contribution in [0.1, 0.15) is 40.5 Å². The molecule has 0 radical (unpaired) electrons. The molecule has 0 nitrogen and oxygen atoms in total. The number of hydrogen-bond donors (Lipinski definition) is 0. The Morgan fingerprint density at radius 3 is 1.35 bits per heavy atom. The molecule has 0 aromatic carbocycles. The maximum Gasteiger partial charge on any atom is -0.147 e. The van der Waals surface area contributed by atoms with Gasteiger partial charge in [-0.3, -0.25) is 0 Å². The molecule has 2 aliphatic rings. The molecule has 0 N–H and O–H groups in total. The predicted octanol–water partition coefficient (Wildman–Crippen LogP) is 5.68. The Bertz CT molecular complexity index is 457. The first-order valence-corrected chi connectivity index (χ1v) is 22.9. The van der Waals surface area contributed by atoms with Gasteiger partial charge in [0.1, 0.15) is 0 Å². The standard InChI is InChI=1S/2C7H9.C2H7Ge.2ClH.Zr/c2*1-6-3-4-7(2)5-6;1-3-2;;;/h2*5H,3H2,1-2H3;3H,1-2H3;2*1H;. The summed E-state index contributed by atoms with van der Waals surface area (Å²) in [5.74, 6) is 5.28. The Labute approximate surface area is 146 Å². The number of rotatable bonds is 3. The van der Waals surface area contributed by atoms with Gasteiger partial charge in [0.25, 0.3) is 0 Å². The summed E-state index contributed by atoms with van der Waals surface area (Å²) >= 11 is -1.43. The third-order valence-corrected chi connectivity index (χ3v) is 35.8. The third-order valence-electron chi connectivity index (χ3n) is 4.02. The van der Waals surface area contributed by atoms with Crippen LogP contribution in [0.15, 0.2) is 41.0 Å². The van der Waals surface area contributed by atoms with Crippen LogP contribution in [0.2, 0.25) is 11.5 Å². The second-order valence-electron chi connectivity index (χ2n) is 6.23. The Morgan fingerprint density at radius 2 is 1.15 bits per heavy atom. The molecule has 2 rings (SSSR count). The van der Waals surface area contributed by atoms with E-state index in [2.05, 4.69) is 51.4 Å². The molecule has 113 valence electrons. The zero-order valence-electron chi connectivity index (χ0n) is 13.5. The van der Waals surface area contributed by atoms with Crippen molar-refractivity contribution >= 4 is 35.4 Å². The van der Waals surface area contributed by atoms with E-state index in [1.54, 1.807) is 22.3 Å². The van der Waals surface area contributed by atoms with Gasteiger partial charge in [-0.15, -0.1) is 24.8 Å². The van der Waals surface area contributed by atoms with E-state index < -0.39 is 29.8 Å². The second-order valence-corrected chi connectivity index (χ2v) is 38.0. The van der Waals surface area contributed by atoms with Gasteiger partial charge in [0.2, 0.25) is 0 Å². The van der Waals surface area contributed by atoms with Crippen LogP contribution >= 0.6 is 24.8 Å². The summed E-state index contributed by atoms with van der Waals surface area (Å²) in [4.78, 5) is 0. The maximum absolute atomic E-state index is 2.64. The SMILES string of the molecule is CC1=CC(C)=[C]([Zr]([C]2=C(C)C=C(C)C2)[GeH]([CH3])[CH3])C1.Cl.Cl. The number of allylic oxidation sites excluding steroid dienone is 8. The Balaban J connectivity index is 0.00000180. The van der Waals surface area contributed by atoms with Crippen molar-refractivity contribution in [2.75, 3.05) is 0 Å². The smallest absolute Gasteiger partial charge is 0.147 e. The van der Waals surface area contributed by atoms with Crippen LogP contribution in [-0.2, 0) is 19.2 Å². The Hall–Kier alpha value is 0.966. The first kappa shape index (κ1) is 21.0. The van der Waals surface area contributed by atoms with Crippen molar-refractivity contribution in [2.24, 2.45) is 0 Å². The quantitative estimate of drug-likeness (QED) is 0.482. The molecule has 0 aliphatic heterocycles. The summed E-state index contributed by atoms with van der Waals surface area (Å²) in [5, 5.41) is 0. The Morgan fingerprint density at radius 1 is 0.800 bits per heavy atom. The molecule has 4 heteroatoms. The summed E-state index contributed by atoms with van der Waals surface area (Å²) in [6.45, 7) is 9.35. The van der Waals surface area contributed by atoms with Crippen molar-refractivity contribution in [3.63, 3.8) is 0 Å². The van der Waals surface area contributed by atoms with Crippen LogP contribution in [0.4, 0.5) is 0 Å². The van der Waals surface area contributed by atoms with Gasteiger partial charge >= 0.3 is 123 Å². The normalized spacial score (nSPS) is 17.9. The fourth-order valence-electron chi connectivity index (χ4n) is 3.35. The third kappa shape index (κ3) is 4.48. The minimum Gasteiger partial charge on any atom is -0.147 e. The van der Waals surface area contributed by atoms with E-state index in [0.29, 0.717) is 0 Å². The first-order valence-electron chi connectivity index (χ1n) is 7.01. The van der Waals surface area contributed by atoms with Gasteiger partial charge in [-0.05, 0) is 0 Å². The molecule has 0 unspecified atom stereocenters. The molecule has 0 amide bonds. The predicted molar refractivity (Wildman–Crippen MR) is 95.5 cm³/mol. The van der Waals surface area contributed by atoms with Gasteiger partial charge in [-0.25, -0.2) is 0 Å². The van der Waals surface area contributed by atoms with Gasteiger partial charge in [0.05, 0.1) is 0 Å². The van der Waals surface area contributed by atoms with E-state index in [4.69, 9.17) is 0 Å². The summed E-state index contributed by atoms with van der Waals surface area (Å²) in [7, 11) is -0.999. The molecule has 0 spiro atoms. The van der Waals surface area contributed by atoms with Crippen LogP contribution < -0.4 is 0 Å². The topological polar surface area (TPSA) is 0 Å². The van der Waals surface area contributed by atoms with Crippen molar-refractivity contribution in [2.45, 2.75) is 52.0 Å². The van der Waals surface area contributed by atoms with Crippen LogP contribution in [0, 0.1) is 0 Å². The van der Waals surface area contributed by atoms with Crippen LogP contribution in [0.5, 0.6) is 0 Å². The average molecular weight is 454 g/mol. The average Bonchev–Trinajstić information content (AvgIpc) is 2.71. The van der Waals surface area contributed by atoms with Gasteiger partial charge < -0.3 is 0 Å². The van der Waals surface area contributed by atoms with Crippen molar-refractivity contribution in [3.8, 4) is 0 Å². The van der Waals surface area contributed by atoms with Gasteiger partial charge in [-0.1, -0.05) is 0 Å². The molecule has 0 saturated carbocycles. The zero-order valence-corrected chi connectivity index (χ0v) is 20.0. The molecule has 0 bridgehead atoms. The molecule has 2 aliphatic carbocycles. The van der Waals surface area contributed by atoms with E-state index in [-0.39, 0.29) is 24.8 Å². The molecule has 0 atom stereocenters. The van der Waals surface area contributed by atoms with Gasteiger partial charge in [0.15, 0.2) is 0 Å². The summed E-state index contributed by atoms with van der Waals surface area (Å²) in [6.07, 6.45) is 7.54. The van der Waals surface area contributed by atoms with Crippen LogP contribution in [0.25, 0.3) is 0 Å². The minimum atomic E-state index is -1.43. The fraction of sp³-hybridized carbons (Fsp3) is 0.500. The molecular weight excluding hydrogens is 427 g/mol. The zero-order chi connectivity index (χ0) is 13.4. The van der Waals surface area contributed by atoms with E-state index in [9.17, 15) is 0 Å². The van der Waals surface area contributed by atoms with Gasteiger partial charge in [-0.2, -0.15) is 0 Å². The molecule has 0 heterocycles.